The van der Waals surface area contributed by atoms with Gasteiger partial charge in [-0.3, -0.25) is 0 Å². The fourth-order valence-electron chi connectivity index (χ4n) is 0.628. The van der Waals surface area contributed by atoms with Gasteiger partial charge in [-0.05, 0) is 5.38 Å². The van der Waals surface area contributed by atoms with Crippen molar-refractivity contribution in [3.05, 3.63) is 41.8 Å². The number of hydrogen-bond acceptors (Lipinski definition) is 3. The first-order valence-electron chi connectivity index (χ1n) is 3.32. The monoisotopic (exact) mass is 198 g/mol. The Morgan fingerprint density at radius 2 is 1.83 bits per heavy atom. The van der Waals surface area contributed by atoms with E-state index in [0.717, 1.165) is 0 Å². The van der Waals surface area contributed by atoms with Crippen molar-refractivity contribution in [1.29, 1.82) is 0 Å². The van der Waals surface area contributed by atoms with E-state index < -0.39 is 8.03 Å². The molecular formula is C8H7O2PS. The first-order chi connectivity index (χ1) is 5.80. The molecule has 0 aliphatic heterocycles. The quantitative estimate of drug-likeness (QED) is 0.643. The highest BCUT2D eigenvalue weighted by Crippen LogP contribution is 2.08. The molecule has 0 spiro atoms. The third kappa shape index (κ3) is 3.09. The summed E-state index contributed by atoms with van der Waals surface area (Å²) in [6.45, 7) is 0. The molecule has 1 atom stereocenters. The van der Waals surface area contributed by atoms with Gasteiger partial charge in [-0.15, -0.1) is 0 Å². The summed E-state index contributed by atoms with van der Waals surface area (Å²) in [4.78, 5) is 10.6. The van der Waals surface area contributed by atoms with Crippen LogP contribution in [-0.2, 0) is 4.57 Å². The Bertz CT molecular complexity index is 296. The highest BCUT2D eigenvalue weighted by Gasteiger charge is 2.02. The van der Waals surface area contributed by atoms with E-state index in [1.807, 2.05) is 12.1 Å². The molecule has 0 radical (unpaired) electrons. The Kier molecular flexibility index (Phi) is 3.88. The van der Waals surface area contributed by atoms with Gasteiger partial charge >= 0.3 is 8.03 Å². The van der Waals surface area contributed by atoms with Gasteiger partial charge < -0.3 is 4.89 Å². The second-order valence-electron chi connectivity index (χ2n) is 1.98. The topological polar surface area (TPSA) is 40.1 Å². The fourth-order valence-corrected chi connectivity index (χ4v) is 1.83. The Morgan fingerprint density at radius 1 is 1.17 bits per heavy atom. The van der Waals surface area contributed by atoms with E-state index in [9.17, 15) is 9.46 Å². The SMILES string of the molecule is O=[P+]([O-])c1cccccccs1. The van der Waals surface area contributed by atoms with Gasteiger partial charge in [0.2, 0.25) is 4.62 Å². The van der Waals surface area contributed by atoms with E-state index >= 15 is 0 Å². The van der Waals surface area contributed by atoms with Gasteiger partial charge in [-0.25, -0.2) is 0 Å². The molecular weight excluding hydrogens is 191 g/mol. The molecule has 0 bridgehead atoms. The van der Waals surface area contributed by atoms with Crippen molar-refractivity contribution < 1.29 is 9.46 Å². The van der Waals surface area contributed by atoms with E-state index in [1.165, 1.54) is 11.3 Å². The maximum Gasteiger partial charge on any atom is 0.359 e. The van der Waals surface area contributed by atoms with Crippen molar-refractivity contribution in [3.8, 4) is 0 Å². The zero-order valence-corrected chi connectivity index (χ0v) is 7.92. The highest BCUT2D eigenvalue weighted by atomic mass is 32.1. The van der Waals surface area contributed by atoms with E-state index in [-0.39, 0.29) is 0 Å². The molecule has 0 aliphatic carbocycles. The minimum absolute atomic E-state index is 0.362. The normalized spacial score (nSPS) is 10.2. The van der Waals surface area contributed by atoms with Crippen LogP contribution in [0, 0.1) is 0 Å². The van der Waals surface area contributed by atoms with Crippen LogP contribution in [0.2, 0.25) is 0 Å². The largest absolute Gasteiger partial charge is 0.590 e. The molecule has 0 saturated heterocycles. The zero-order valence-electron chi connectivity index (χ0n) is 6.21. The summed E-state index contributed by atoms with van der Waals surface area (Å²) in [7, 11) is -2.47. The molecule has 1 rings (SSSR count). The summed E-state index contributed by atoms with van der Waals surface area (Å²) < 4.78 is 11.0. The lowest BCUT2D eigenvalue weighted by Gasteiger charge is -1.80. The maximum absolute atomic E-state index is 10.6. The van der Waals surface area contributed by atoms with Crippen LogP contribution < -0.4 is 9.51 Å². The second kappa shape index (κ2) is 4.99. The molecule has 12 heavy (non-hydrogen) atoms. The average Bonchev–Trinajstić information content (AvgIpc) is 2.15. The van der Waals surface area contributed by atoms with Gasteiger partial charge in [0.15, 0.2) is 0 Å². The molecule has 1 heterocycles. The van der Waals surface area contributed by atoms with Crippen LogP contribution in [0.25, 0.3) is 0 Å². The van der Waals surface area contributed by atoms with Crippen LogP contribution >= 0.6 is 19.4 Å². The smallest absolute Gasteiger partial charge is 0.359 e. The van der Waals surface area contributed by atoms with Crippen molar-refractivity contribution in [2.75, 3.05) is 0 Å². The summed E-state index contributed by atoms with van der Waals surface area (Å²) in [5.74, 6) is 0. The lowest BCUT2D eigenvalue weighted by atomic mass is 10.5. The minimum atomic E-state index is -2.47. The Labute approximate surface area is 75.7 Å². The van der Waals surface area contributed by atoms with Gasteiger partial charge in [0.25, 0.3) is 0 Å². The lowest BCUT2D eigenvalue weighted by Crippen LogP contribution is -1.98. The summed E-state index contributed by atoms with van der Waals surface area (Å²) in [5.41, 5.74) is 0. The molecule has 1 unspecified atom stereocenters. The maximum atomic E-state index is 10.6. The Balaban J connectivity index is 3.19. The molecule has 0 amide bonds. The van der Waals surface area contributed by atoms with Crippen LogP contribution in [-0.4, -0.2) is 0 Å². The summed E-state index contributed by atoms with van der Waals surface area (Å²) in [6.07, 6.45) is 0. The molecule has 0 N–H and O–H groups in total. The summed E-state index contributed by atoms with van der Waals surface area (Å²) in [5, 5.41) is 1.74. The lowest BCUT2D eigenvalue weighted by molar-refractivity contribution is -0.160. The Hall–Kier alpha value is -0.760. The number of hydrogen-bond donors (Lipinski definition) is 0. The highest BCUT2D eigenvalue weighted by molar-refractivity contribution is 7.55. The van der Waals surface area contributed by atoms with E-state index in [4.69, 9.17) is 0 Å². The van der Waals surface area contributed by atoms with Crippen LogP contribution in [0.15, 0.2) is 41.8 Å². The summed E-state index contributed by atoms with van der Waals surface area (Å²) in [6, 6.07) is 10.6. The molecule has 0 aliphatic rings. The van der Waals surface area contributed by atoms with Crippen molar-refractivity contribution >= 4 is 24.0 Å². The van der Waals surface area contributed by atoms with Crippen molar-refractivity contribution in [2.24, 2.45) is 0 Å². The average molecular weight is 198 g/mol. The van der Waals surface area contributed by atoms with Gasteiger partial charge in [0, 0.05) is 6.07 Å². The van der Waals surface area contributed by atoms with E-state index in [2.05, 4.69) is 0 Å². The molecule has 0 aromatic carbocycles. The predicted octanol–water partition coefficient (Wildman–Crippen LogP) is 1.60. The minimum Gasteiger partial charge on any atom is -0.590 e. The van der Waals surface area contributed by atoms with Gasteiger partial charge in [-0.2, -0.15) is 0 Å². The molecule has 0 saturated carbocycles. The second-order valence-corrected chi connectivity index (χ2v) is 4.22. The summed E-state index contributed by atoms with van der Waals surface area (Å²) >= 11 is 1.20. The van der Waals surface area contributed by atoms with Crippen LogP contribution in [0.1, 0.15) is 0 Å². The van der Waals surface area contributed by atoms with Gasteiger partial charge in [-0.1, -0.05) is 46.2 Å². The first kappa shape index (κ1) is 9.33. The van der Waals surface area contributed by atoms with Crippen molar-refractivity contribution in [2.45, 2.75) is 0 Å². The van der Waals surface area contributed by atoms with Crippen molar-refractivity contribution in [1.82, 2.24) is 0 Å². The zero-order chi connectivity index (χ0) is 8.81. The van der Waals surface area contributed by atoms with Crippen LogP contribution in [0.5, 0.6) is 0 Å². The van der Waals surface area contributed by atoms with Gasteiger partial charge in [0.05, 0.1) is 0 Å². The Morgan fingerprint density at radius 3 is 2.58 bits per heavy atom. The molecule has 2 nitrogen and oxygen atoms in total. The fraction of sp³-hybridized carbons (Fsp3) is 0. The number of rotatable bonds is 1. The molecule has 4 heteroatoms. The van der Waals surface area contributed by atoms with Crippen LogP contribution in [0.3, 0.4) is 0 Å². The standard InChI is InChI=1S/C8H7O2PS/c9-11(10)8-6-4-2-1-3-5-7-12-8/h1-7H. The first-order valence-corrected chi connectivity index (χ1v) is 5.37. The molecule has 1 aromatic heterocycles. The van der Waals surface area contributed by atoms with Crippen molar-refractivity contribution in [3.63, 3.8) is 0 Å². The van der Waals surface area contributed by atoms with Gasteiger partial charge in [0.1, 0.15) is 0 Å². The molecule has 62 valence electrons. The predicted molar refractivity (Wildman–Crippen MR) is 49.2 cm³/mol. The van der Waals surface area contributed by atoms with Crippen LogP contribution in [0.4, 0.5) is 0 Å². The third-order valence-electron chi connectivity index (χ3n) is 1.13. The van der Waals surface area contributed by atoms with E-state index in [0.29, 0.717) is 4.62 Å². The third-order valence-corrected chi connectivity index (χ3v) is 3.07. The molecule has 0 fully saturated rings. The van der Waals surface area contributed by atoms with E-state index in [1.54, 1.807) is 29.6 Å². The molecule has 1 aromatic rings.